The van der Waals surface area contributed by atoms with Crippen molar-refractivity contribution < 1.29 is 35.9 Å². The molecule has 0 unspecified atom stereocenters. The number of anilines is 1. The number of hydrogen-bond donors (Lipinski definition) is 2. The van der Waals surface area contributed by atoms with Crippen molar-refractivity contribution in [1.29, 1.82) is 0 Å². The fourth-order valence-electron chi connectivity index (χ4n) is 2.99. The molecule has 0 amide bonds. The van der Waals surface area contributed by atoms with E-state index >= 15 is 0 Å². The number of carbonyl (C=O) groups is 1. The van der Waals surface area contributed by atoms with Crippen molar-refractivity contribution >= 4 is 31.7 Å². The second-order valence-electron chi connectivity index (χ2n) is 6.80. The Hall–Kier alpha value is -2.54. The van der Waals surface area contributed by atoms with Crippen molar-refractivity contribution in [3.63, 3.8) is 0 Å². The zero-order valence-electron chi connectivity index (χ0n) is 16.3. The Labute approximate surface area is 179 Å². The highest BCUT2D eigenvalue weighted by Crippen LogP contribution is 2.25. The summed E-state index contributed by atoms with van der Waals surface area (Å²) in [6.07, 6.45) is 0.171. The number of aryl methyl sites for hydroxylation is 1. The Morgan fingerprint density at radius 2 is 1.71 bits per heavy atom. The summed E-state index contributed by atoms with van der Waals surface area (Å²) in [4.78, 5) is 9.91. The van der Waals surface area contributed by atoms with E-state index in [9.17, 15) is 26.0 Å². The third-order valence-electron chi connectivity index (χ3n) is 4.63. The Morgan fingerprint density at radius 1 is 1.06 bits per heavy atom. The van der Waals surface area contributed by atoms with Gasteiger partial charge in [-0.25, -0.2) is 21.2 Å². The molecule has 3 rings (SSSR count). The molecule has 2 aromatic rings. The molecule has 0 aromatic heterocycles. The maximum Gasteiger partial charge on any atom is 0.303 e. The fraction of sp³-hybridized carbons (Fsp3) is 0.316. The van der Waals surface area contributed by atoms with Crippen LogP contribution in [-0.2, 0) is 36.0 Å². The van der Waals surface area contributed by atoms with Crippen molar-refractivity contribution in [1.82, 2.24) is 4.31 Å². The summed E-state index contributed by atoms with van der Waals surface area (Å²) >= 11 is 0. The summed E-state index contributed by atoms with van der Waals surface area (Å²) in [5, 5.41) is 8.72. The second kappa shape index (κ2) is 9.30. The lowest BCUT2D eigenvalue weighted by atomic mass is 10.1. The lowest BCUT2D eigenvalue weighted by Crippen LogP contribution is -2.40. The number of hydrogen-bond acceptors (Lipinski definition) is 6. The largest absolute Gasteiger partial charge is 0.481 e. The smallest absolute Gasteiger partial charge is 0.303 e. The molecule has 0 atom stereocenters. The Bertz CT molecular complexity index is 1160. The van der Waals surface area contributed by atoms with Crippen LogP contribution in [0.2, 0.25) is 0 Å². The first-order chi connectivity index (χ1) is 14.6. The first kappa shape index (κ1) is 23.1. The summed E-state index contributed by atoms with van der Waals surface area (Å²) in [7, 11) is -8.24. The first-order valence-corrected chi connectivity index (χ1v) is 12.2. The highest BCUT2D eigenvalue weighted by Gasteiger charge is 2.29. The molecule has 0 radical (unpaired) electrons. The topological polar surface area (TPSA) is 130 Å². The zero-order valence-corrected chi connectivity index (χ0v) is 18.0. The molecule has 9 nitrogen and oxygen atoms in total. The third-order valence-corrected chi connectivity index (χ3v) is 7.94. The lowest BCUT2D eigenvalue weighted by Gasteiger charge is -2.26. The van der Waals surface area contributed by atoms with Gasteiger partial charge in [-0.15, -0.1) is 0 Å². The highest BCUT2D eigenvalue weighted by atomic mass is 32.2. The fourth-order valence-corrected chi connectivity index (χ4v) is 5.54. The summed E-state index contributed by atoms with van der Waals surface area (Å²) in [5.41, 5.74) is 0.546. The number of nitrogens with one attached hydrogen (secondary N) is 1. The van der Waals surface area contributed by atoms with Crippen LogP contribution in [0, 0.1) is 5.82 Å². The molecule has 168 valence electrons. The van der Waals surface area contributed by atoms with Gasteiger partial charge in [-0.2, -0.15) is 4.31 Å². The van der Waals surface area contributed by atoms with Crippen molar-refractivity contribution in [2.75, 3.05) is 31.0 Å². The number of sulfonamides is 2. The zero-order chi connectivity index (χ0) is 22.6. The maximum absolute atomic E-state index is 14.3. The van der Waals surface area contributed by atoms with Crippen LogP contribution in [0.15, 0.2) is 52.3 Å². The molecular formula is C19H21FN2O7S2. The predicted octanol–water partition coefficient (Wildman–Crippen LogP) is 1.66. The van der Waals surface area contributed by atoms with E-state index in [2.05, 4.69) is 4.72 Å². The van der Waals surface area contributed by atoms with E-state index in [1.165, 1.54) is 24.3 Å². The molecule has 0 aliphatic carbocycles. The second-order valence-corrected chi connectivity index (χ2v) is 10.4. The number of nitrogens with zero attached hydrogens (tertiary/aromatic N) is 1. The van der Waals surface area contributed by atoms with Gasteiger partial charge in [0, 0.05) is 19.5 Å². The number of morpholine rings is 1. The minimum atomic E-state index is -4.16. The van der Waals surface area contributed by atoms with Crippen molar-refractivity contribution in [2.45, 2.75) is 22.6 Å². The van der Waals surface area contributed by atoms with Gasteiger partial charge in [0.1, 0.15) is 10.7 Å². The van der Waals surface area contributed by atoms with Crippen molar-refractivity contribution in [3.8, 4) is 0 Å². The van der Waals surface area contributed by atoms with E-state index in [0.717, 1.165) is 22.5 Å². The molecule has 31 heavy (non-hydrogen) atoms. The van der Waals surface area contributed by atoms with Gasteiger partial charge in [-0.05, 0) is 42.3 Å². The average molecular weight is 473 g/mol. The summed E-state index contributed by atoms with van der Waals surface area (Å²) in [6.45, 7) is 0.531. The van der Waals surface area contributed by atoms with E-state index in [-0.39, 0.29) is 49.7 Å². The van der Waals surface area contributed by atoms with Crippen LogP contribution in [0.5, 0.6) is 0 Å². The van der Waals surface area contributed by atoms with E-state index < -0.39 is 36.7 Å². The van der Waals surface area contributed by atoms with E-state index in [0.29, 0.717) is 5.56 Å². The summed E-state index contributed by atoms with van der Waals surface area (Å²) < 4.78 is 73.6. The molecule has 1 fully saturated rings. The molecule has 2 aromatic carbocycles. The quantitative estimate of drug-likeness (QED) is 0.598. The minimum absolute atomic E-state index is 0.0754. The number of halogens is 1. The van der Waals surface area contributed by atoms with Crippen LogP contribution in [0.4, 0.5) is 10.1 Å². The Kier molecular flexibility index (Phi) is 6.94. The van der Waals surface area contributed by atoms with Gasteiger partial charge >= 0.3 is 5.97 Å². The molecule has 1 aliphatic rings. The molecule has 0 spiro atoms. The first-order valence-electron chi connectivity index (χ1n) is 9.30. The molecule has 2 N–H and O–H groups in total. The van der Waals surface area contributed by atoms with Crippen molar-refractivity contribution in [2.24, 2.45) is 0 Å². The minimum Gasteiger partial charge on any atom is -0.481 e. The van der Waals surface area contributed by atoms with Gasteiger partial charge in [0.25, 0.3) is 10.0 Å². The SMILES string of the molecule is O=C(O)CCc1ccc(S(=O)(=O)Nc2ccc(F)c(S(=O)(=O)N3CCOCC3)c2)cc1. The molecule has 1 aliphatic heterocycles. The number of carboxylic acids is 1. The standard InChI is InChI=1S/C19H21FN2O7S2/c20-17-7-4-15(13-18(17)31(27,28)22-9-11-29-12-10-22)21-30(25,26)16-5-1-14(2-6-16)3-8-19(23)24/h1-2,4-7,13,21H,3,8-12H2,(H,23,24). The van der Waals surface area contributed by atoms with Crippen LogP contribution < -0.4 is 4.72 Å². The van der Waals surface area contributed by atoms with E-state index in [1.807, 2.05) is 0 Å². The van der Waals surface area contributed by atoms with E-state index in [1.54, 1.807) is 0 Å². The number of benzene rings is 2. The molecular weight excluding hydrogens is 451 g/mol. The predicted molar refractivity (Wildman–Crippen MR) is 109 cm³/mol. The molecule has 1 saturated heterocycles. The van der Waals surface area contributed by atoms with Crippen LogP contribution in [0.3, 0.4) is 0 Å². The van der Waals surface area contributed by atoms with Crippen molar-refractivity contribution in [3.05, 3.63) is 53.8 Å². The number of ether oxygens (including phenoxy) is 1. The highest BCUT2D eigenvalue weighted by molar-refractivity contribution is 7.92. The number of rotatable bonds is 8. The molecule has 0 saturated carbocycles. The normalized spacial score (nSPS) is 15.5. The molecule has 12 heteroatoms. The van der Waals surface area contributed by atoms with Gasteiger partial charge in [-0.1, -0.05) is 12.1 Å². The van der Waals surface area contributed by atoms with Gasteiger partial charge < -0.3 is 9.84 Å². The Balaban J connectivity index is 1.82. The summed E-state index contributed by atoms with van der Waals surface area (Å²) in [6, 6.07) is 8.58. The van der Waals surface area contributed by atoms with Gasteiger partial charge in [0.05, 0.1) is 23.8 Å². The van der Waals surface area contributed by atoms with Crippen LogP contribution in [0.25, 0.3) is 0 Å². The van der Waals surface area contributed by atoms with E-state index in [4.69, 9.17) is 9.84 Å². The maximum atomic E-state index is 14.3. The summed E-state index contributed by atoms with van der Waals surface area (Å²) in [5.74, 6) is -1.95. The third kappa shape index (κ3) is 5.58. The Morgan fingerprint density at radius 3 is 2.32 bits per heavy atom. The molecule has 0 bridgehead atoms. The van der Waals surface area contributed by atoms with Gasteiger partial charge in [-0.3, -0.25) is 9.52 Å². The monoisotopic (exact) mass is 472 g/mol. The van der Waals surface area contributed by atoms with Gasteiger partial charge in [0.15, 0.2) is 0 Å². The molecule has 1 heterocycles. The number of carboxylic acid groups (broad SMARTS) is 1. The van der Waals surface area contributed by atoms with Crippen LogP contribution in [-0.4, -0.2) is 58.5 Å². The average Bonchev–Trinajstić information content (AvgIpc) is 2.74. The van der Waals surface area contributed by atoms with Crippen LogP contribution >= 0.6 is 0 Å². The number of aliphatic carboxylic acids is 1. The lowest BCUT2D eigenvalue weighted by molar-refractivity contribution is -0.136. The van der Waals surface area contributed by atoms with Crippen LogP contribution in [0.1, 0.15) is 12.0 Å². The van der Waals surface area contributed by atoms with Gasteiger partial charge in [0.2, 0.25) is 10.0 Å².